The van der Waals surface area contributed by atoms with Gasteiger partial charge in [-0.3, -0.25) is 4.98 Å². The van der Waals surface area contributed by atoms with E-state index < -0.39 is 0 Å². The molecule has 0 saturated heterocycles. The van der Waals surface area contributed by atoms with Crippen molar-refractivity contribution in [2.45, 2.75) is 11.8 Å². The molecule has 0 radical (unpaired) electrons. The molecule has 114 valence electrons. The van der Waals surface area contributed by atoms with E-state index in [0.29, 0.717) is 5.82 Å². The molecule has 0 aliphatic rings. The van der Waals surface area contributed by atoms with E-state index in [1.807, 2.05) is 18.3 Å². The van der Waals surface area contributed by atoms with Crippen molar-refractivity contribution in [2.75, 3.05) is 11.1 Å². The molecule has 4 aromatic heterocycles. The molecule has 0 amide bonds. The Morgan fingerprint density at radius 3 is 3.04 bits per heavy atom. The lowest BCUT2D eigenvalue weighted by Crippen LogP contribution is -1.96. The predicted octanol–water partition coefficient (Wildman–Crippen LogP) is 3.89. The van der Waals surface area contributed by atoms with Crippen LogP contribution in [0.2, 0.25) is 0 Å². The van der Waals surface area contributed by atoms with Crippen molar-refractivity contribution >= 4 is 55.4 Å². The fourth-order valence-electron chi connectivity index (χ4n) is 2.19. The summed E-state index contributed by atoms with van der Waals surface area (Å²) in [4.78, 5) is 23.9. The zero-order valence-corrected chi connectivity index (χ0v) is 13.9. The van der Waals surface area contributed by atoms with Crippen molar-refractivity contribution < 1.29 is 0 Å². The van der Waals surface area contributed by atoms with E-state index in [4.69, 9.17) is 0 Å². The quantitative estimate of drug-likeness (QED) is 0.565. The van der Waals surface area contributed by atoms with Crippen LogP contribution >= 0.6 is 23.1 Å². The van der Waals surface area contributed by atoms with E-state index in [-0.39, 0.29) is 0 Å². The zero-order valence-electron chi connectivity index (χ0n) is 12.2. The number of thioether (sulfide) groups is 1. The Hall–Kier alpha value is -2.32. The molecule has 0 aliphatic carbocycles. The van der Waals surface area contributed by atoms with E-state index in [1.54, 1.807) is 18.0 Å². The van der Waals surface area contributed by atoms with Crippen molar-refractivity contribution in [3.8, 4) is 0 Å². The molecular formula is C15H12N6S2. The number of rotatable bonds is 4. The highest BCUT2D eigenvalue weighted by Crippen LogP contribution is 2.30. The lowest BCUT2D eigenvalue weighted by Gasteiger charge is -2.03. The summed E-state index contributed by atoms with van der Waals surface area (Å²) in [5, 5.41) is 3.98. The van der Waals surface area contributed by atoms with Gasteiger partial charge in [-0.1, -0.05) is 18.3 Å². The molecule has 0 fully saturated rings. The van der Waals surface area contributed by atoms with Crippen molar-refractivity contribution in [1.82, 2.24) is 24.9 Å². The van der Waals surface area contributed by atoms with E-state index >= 15 is 0 Å². The minimum atomic E-state index is 0.651. The van der Waals surface area contributed by atoms with Gasteiger partial charge in [-0.05, 0) is 24.0 Å². The summed E-state index contributed by atoms with van der Waals surface area (Å²) >= 11 is 3.25. The van der Waals surface area contributed by atoms with Crippen LogP contribution in [-0.2, 0) is 0 Å². The second kappa shape index (κ2) is 6.05. The summed E-state index contributed by atoms with van der Waals surface area (Å²) in [5.74, 6) is 1.67. The molecule has 0 atom stereocenters. The summed E-state index contributed by atoms with van der Waals surface area (Å²) in [7, 11) is 0. The van der Waals surface area contributed by atoms with Crippen LogP contribution in [0, 0.1) is 0 Å². The summed E-state index contributed by atoms with van der Waals surface area (Å²) in [6.45, 7) is 2.12. The number of fused-ring (bicyclic) bond motifs is 2. The van der Waals surface area contributed by atoms with Crippen molar-refractivity contribution in [3.05, 3.63) is 36.9 Å². The third-order valence-electron chi connectivity index (χ3n) is 3.15. The SMILES string of the molecule is CCSc1cnc2sc(Nc3ncnc4cccnc34)nc2c1. The second-order valence-corrected chi connectivity index (χ2v) is 6.98. The molecular weight excluding hydrogens is 328 g/mol. The normalized spacial score (nSPS) is 11.2. The zero-order chi connectivity index (χ0) is 15.6. The molecule has 4 aromatic rings. The maximum atomic E-state index is 4.60. The minimum absolute atomic E-state index is 0.651. The van der Waals surface area contributed by atoms with Crippen molar-refractivity contribution in [1.29, 1.82) is 0 Å². The molecule has 8 heteroatoms. The standard InChI is InChI=1S/C15H12N6S2/c1-2-22-9-6-11-14(17-7-9)23-15(20-11)21-13-12-10(18-8-19-13)4-3-5-16-12/h3-8H,2H2,1H3,(H,18,19,20,21). The first-order chi connectivity index (χ1) is 11.3. The van der Waals surface area contributed by atoms with Crippen LogP contribution in [-0.4, -0.2) is 30.7 Å². The maximum absolute atomic E-state index is 4.60. The number of nitrogens with one attached hydrogen (secondary N) is 1. The molecule has 4 rings (SSSR count). The first-order valence-corrected chi connectivity index (χ1v) is 8.86. The van der Waals surface area contributed by atoms with E-state index in [2.05, 4.69) is 43.2 Å². The molecule has 1 N–H and O–H groups in total. The fourth-order valence-corrected chi connectivity index (χ4v) is 3.63. The van der Waals surface area contributed by atoms with Gasteiger partial charge in [0.1, 0.15) is 22.2 Å². The predicted molar refractivity (Wildman–Crippen MR) is 94.4 cm³/mol. The number of nitrogens with zero attached hydrogens (tertiary/aromatic N) is 5. The lowest BCUT2D eigenvalue weighted by atomic mass is 10.3. The third-order valence-corrected chi connectivity index (χ3v) is 4.89. The Morgan fingerprint density at radius 2 is 2.13 bits per heavy atom. The summed E-state index contributed by atoms with van der Waals surface area (Å²) in [6.07, 6.45) is 5.14. The number of pyridine rings is 2. The summed E-state index contributed by atoms with van der Waals surface area (Å²) < 4.78 is 0. The molecule has 0 saturated carbocycles. The maximum Gasteiger partial charge on any atom is 0.191 e. The van der Waals surface area contributed by atoms with E-state index in [1.165, 1.54) is 17.7 Å². The minimum Gasteiger partial charge on any atom is -0.314 e. The van der Waals surface area contributed by atoms with Gasteiger partial charge in [0.15, 0.2) is 10.9 Å². The van der Waals surface area contributed by atoms with Crippen LogP contribution < -0.4 is 5.32 Å². The number of hydrogen-bond donors (Lipinski definition) is 1. The topological polar surface area (TPSA) is 76.5 Å². The Balaban J connectivity index is 1.71. The van der Waals surface area contributed by atoms with Gasteiger partial charge in [-0.15, -0.1) is 11.8 Å². The first kappa shape index (κ1) is 14.3. The number of hydrogen-bond acceptors (Lipinski definition) is 8. The van der Waals surface area contributed by atoms with Crippen molar-refractivity contribution in [2.24, 2.45) is 0 Å². The van der Waals surface area contributed by atoms with Crippen LogP contribution in [0.4, 0.5) is 10.9 Å². The van der Waals surface area contributed by atoms with Crippen LogP contribution in [0.5, 0.6) is 0 Å². The first-order valence-electron chi connectivity index (χ1n) is 7.05. The Bertz CT molecular complexity index is 979. The molecule has 0 aliphatic heterocycles. The third kappa shape index (κ3) is 2.82. The molecule has 4 heterocycles. The van der Waals surface area contributed by atoms with Gasteiger partial charge in [-0.2, -0.15) is 0 Å². The smallest absolute Gasteiger partial charge is 0.191 e. The highest BCUT2D eigenvalue weighted by Gasteiger charge is 2.10. The number of anilines is 2. The second-order valence-electron chi connectivity index (χ2n) is 4.67. The van der Waals surface area contributed by atoms with Gasteiger partial charge in [0.05, 0.1) is 5.52 Å². The molecule has 0 bridgehead atoms. The molecule has 0 unspecified atom stereocenters. The lowest BCUT2D eigenvalue weighted by molar-refractivity contribution is 1.19. The van der Waals surface area contributed by atoms with Gasteiger partial charge < -0.3 is 5.32 Å². The number of aromatic nitrogens is 5. The van der Waals surface area contributed by atoms with Crippen LogP contribution in [0.25, 0.3) is 21.4 Å². The van der Waals surface area contributed by atoms with Crippen LogP contribution in [0.3, 0.4) is 0 Å². The fraction of sp³-hybridized carbons (Fsp3) is 0.133. The van der Waals surface area contributed by atoms with Crippen LogP contribution in [0.15, 0.2) is 41.8 Å². The summed E-state index contributed by atoms with van der Waals surface area (Å²) in [6, 6.07) is 5.82. The Labute approximate surface area is 140 Å². The Kier molecular flexibility index (Phi) is 3.76. The largest absolute Gasteiger partial charge is 0.314 e. The highest BCUT2D eigenvalue weighted by atomic mass is 32.2. The van der Waals surface area contributed by atoms with Gasteiger partial charge in [0.2, 0.25) is 0 Å². The number of thiazole rings is 1. The monoisotopic (exact) mass is 340 g/mol. The molecule has 6 nitrogen and oxygen atoms in total. The molecule has 0 spiro atoms. The van der Waals surface area contributed by atoms with Gasteiger partial charge in [0.25, 0.3) is 0 Å². The highest BCUT2D eigenvalue weighted by molar-refractivity contribution is 7.99. The van der Waals surface area contributed by atoms with E-state index in [0.717, 1.165) is 37.2 Å². The van der Waals surface area contributed by atoms with Gasteiger partial charge in [0, 0.05) is 17.3 Å². The van der Waals surface area contributed by atoms with Crippen LogP contribution in [0.1, 0.15) is 6.92 Å². The Morgan fingerprint density at radius 1 is 1.17 bits per heavy atom. The van der Waals surface area contributed by atoms with Gasteiger partial charge in [-0.25, -0.2) is 19.9 Å². The average Bonchev–Trinajstić information content (AvgIpc) is 2.97. The summed E-state index contributed by atoms with van der Waals surface area (Å²) in [5.41, 5.74) is 2.41. The van der Waals surface area contributed by atoms with Gasteiger partial charge >= 0.3 is 0 Å². The average molecular weight is 340 g/mol. The van der Waals surface area contributed by atoms with Crippen molar-refractivity contribution in [3.63, 3.8) is 0 Å². The molecule has 0 aromatic carbocycles. The molecule has 23 heavy (non-hydrogen) atoms. The van der Waals surface area contributed by atoms with E-state index in [9.17, 15) is 0 Å².